The summed E-state index contributed by atoms with van der Waals surface area (Å²) in [6.07, 6.45) is 2.79. The molecular formula is C29H31O7-. The average molecular weight is 492 g/mol. The summed E-state index contributed by atoms with van der Waals surface area (Å²) >= 11 is 0. The lowest BCUT2D eigenvalue weighted by Gasteiger charge is -2.18. The molecule has 3 aromatic carbocycles. The lowest BCUT2D eigenvalue weighted by molar-refractivity contribution is -0.255. The molecule has 0 aliphatic carbocycles. The van der Waals surface area contributed by atoms with E-state index < -0.39 is 5.97 Å². The van der Waals surface area contributed by atoms with Crippen LogP contribution in [0.2, 0.25) is 0 Å². The van der Waals surface area contributed by atoms with Crippen LogP contribution in [0, 0.1) is 0 Å². The number of benzene rings is 3. The molecule has 7 heteroatoms. The first-order valence-electron chi connectivity index (χ1n) is 12.1. The number of carboxylic acids is 1. The van der Waals surface area contributed by atoms with Crippen molar-refractivity contribution < 1.29 is 34.0 Å². The van der Waals surface area contributed by atoms with Crippen LogP contribution in [-0.2, 0) is 12.8 Å². The number of hydrogen-bond donors (Lipinski definition) is 1. The van der Waals surface area contributed by atoms with Gasteiger partial charge in [-0.15, -0.1) is 0 Å². The van der Waals surface area contributed by atoms with Crippen LogP contribution in [0.4, 0.5) is 0 Å². The lowest BCUT2D eigenvalue weighted by atomic mass is 10.0. The number of aromatic carboxylic acids is 1. The fourth-order valence-electron chi connectivity index (χ4n) is 3.85. The highest BCUT2D eigenvalue weighted by atomic mass is 16.5. The van der Waals surface area contributed by atoms with Crippen molar-refractivity contribution in [3.63, 3.8) is 0 Å². The number of hydrogen-bond acceptors (Lipinski definition) is 7. The molecule has 3 aromatic rings. The van der Waals surface area contributed by atoms with Gasteiger partial charge in [-0.05, 0) is 55.7 Å². The number of aromatic hydroxyl groups is 1. The number of para-hydroxylation sites is 1. The zero-order valence-corrected chi connectivity index (χ0v) is 20.8. The Labute approximate surface area is 211 Å². The zero-order valence-electron chi connectivity index (χ0n) is 20.8. The van der Waals surface area contributed by atoms with E-state index in [4.69, 9.17) is 14.2 Å². The third-order valence-corrected chi connectivity index (χ3v) is 5.66. The van der Waals surface area contributed by atoms with Gasteiger partial charge >= 0.3 is 0 Å². The van der Waals surface area contributed by atoms with E-state index in [0.717, 1.165) is 17.5 Å². The largest absolute Gasteiger partial charge is 0.545 e. The first kappa shape index (κ1) is 26.6. The minimum absolute atomic E-state index is 0.0164. The van der Waals surface area contributed by atoms with Crippen LogP contribution in [0.3, 0.4) is 0 Å². The summed E-state index contributed by atoms with van der Waals surface area (Å²) in [5, 5.41) is 21.6. The highest BCUT2D eigenvalue weighted by Crippen LogP contribution is 2.34. The number of aryl methyl sites for hydroxylation is 1. The summed E-state index contributed by atoms with van der Waals surface area (Å²) in [6.45, 7) is 6.17. The molecule has 190 valence electrons. The van der Waals surface area contributed by atoms with E-state index in [2.05, 4.69) is 0 Å². The topological polar surface area (TPSA) is 105 Å². The van der Waals surface area contributed by atoms with E-state index in [-0.39, 0.29) is 28.4 Å². The third kappa shape index (κ3) is 6.56. The van der Waals surface area contributed by atoms with E-state index in [1.807, 2.05) is 19.9 Å². The second-order valence-electron chi connectivity index (χ2n) is 8.31. The molecule has 0 saturated heterocycles. The number of carboxylic acid groups (broad SMARTS) is 1. The normalized spacial score (nSPS) is 10.6. The van der Waals surface area contributed by atoms with Crippen molar-refractivity contribution in [1.29, 1.82) is 0 Å². The van der Waals surface area contributed by atoms with E-state index in [1.54, 1.807) is 36.4 Å². The maximum atomic E-state index is 11.7. The molecule has 36 heavy (non-hydrogen) atoms. The molecular weight excluding hydrogens is 460 g/mol. The molecule has 3 rings (SSSR count). The summed E-state index contributed by atoms with van der Waals surface area (Å²) in [5.41, 5.74) is 1.98. The van der Waals surface area contributed by atoms with Gasteiger partial charge in [-0.3, -0.25) is 4.79 Å². The highest BCUT2D eigenvalue weighted by Gasteiger charge is 2.15. The summed E-state index contributed by atoms with van der Waals surface area (Å²) < 4.78 is 17.9. The van der Waals surface area contributed by atoms with Gasteiger partial charge in [0.05, 0.1) is 24.7 Å². The Morgan fingerprint density at radius 1 is 0.861 bits per heavy atom. The van der Waals surface area contributed by atoms with E-state index >= 15 is 0 Å². The third-order valence-electron chi connectivity index (χ3n) is 5.66. The molecule has 0 amide bonds. The van der Waals surface area contributed by atoms with E-state index in [0.29, 0.717) is 49.7 Å². The van der Waals surface area contributed by atoms with Crippen LogP contribution in [0.25, 0.3) is 0 Å². The number of Topliss-reactive ketones (excluding diaryl/α,β-unsaturated/α-hetero) is 1. The lowest BCUT2D eigenvalue weighted by Crippen LogP contribution is -2.22. The van der Waals surface area contributed by atoms with Crippen LogP contribution >= 0.6 is 0 Å². The SMILES string of the molecule is CCCc1c(OCCCOc2cc(O)c(C(C)=O)cc2CC)cccc1Oc1ccccc1C(=O)[O-]. The molecule has 0 radical (unpaired) electrons. The Morgan fingerprint density at radius 2 is 1.53 bits per heavy atom. The number of ether oxygens (including phenoxy) is 3. The predicted octanol–water partition coefficient (Wildman–Crippen LogP) is 5.11. The summed E-state index contributed by atoms with van der Waals surface area (Å²) in [7, 11) is 0. The minimum Gasteiger partial charge on any atom is -0.545 e. The van der Waals surface area contributed by atoms with Crippen LogP contribution in [0.5, 0.6) is 28.7 Å². The Balaban J connectivity index is 1.66. The first-order chi connectivity index (χ1) is 17.3. The average Bonchev–Trinajstić information content (AvgIpc) is 2.85. The van der Waals surface area contributed by atoms with Gasteiger partial charge < -0.3 is 29.2 Å². The fourth-order valence-corrected chi connectivity index (χ4v) is 3.85. The standard InChI is InChI=1S/C29H32O7/c1-4-10-21-25(13-8-14-26(21)36-27-12-7-6-11-22(27)29(32)33)34-15-9-16-35-28-18-24(31)23(19(3)30)17-20(28)5-2/h6-8,11-14,17-18,31H,4-5,9-10,15-16H2,1-3H3,(H,32,33)/p-1. The number of carbonyl (C=O) groups is 2. The predicted molar refractivity (Wildman–Crippen MR) is 134 cm³/mol. The Bertz CT molecular complexity index is 1220. The Kier molecular flexibility index (Phi) is 9.33. The van der Waals surface area contributed by atoms with Crippen molar-refractivity contribution in [2.75, 3.05) is 13.2 Å². The summed E-state index contributed by atoms with van der Waals surface area (Å²) in [5.74, 6) is 0.378. The van der Waals surface area contributed by atoms with Gasteiger partial charge in [0.1, 0.15) is 28.7 Å². The molecule has 0 aliphatic rings. The number of carbonyl (C=O) groups excluding carboxylic acids is 2. The van der Waals surface area contributed by atoms with Crippen molar-refractivity contribution in [2.45, 2.75) is 46.5 Å². The fraction of sp³-hybridized carbons (Fsp3) is 0.310. The Morgan fingerprint density at radius 3 is 2.19 bits per heavy atom. The van der Waals surface area contributed by atoms with Gasteiger partial charge in [0, 0.05) is 23.6 Å². The molecule has 0 aliphatic heterocycles. The van der Waals surface area contributed by atoms with Crippen LogP contribution in [-0.4, -0.2) is 30.1 Å². The molecule has 7 nitrogen and oxygen atoms in total. The van der Waals surface area contributed by atoms with Crippen molar-refractivity contribution in [1.82, 2.24) is 0 Å². The van der Waals surface area contributed by atoms with Gasteiger partial charge in [0.2, 0.25) is 0 Å². The second-order valence-corrected chi connectivity index (χ2v) is 8.31. The molecule has 1 N–H and O–H groups in total. The molecule has 0 bridgehead atoms. The van der Waals surface area contributed by atoms with Crippen LogP contribution in [0.1, 0.15) is 65.5 Å². The molecule has 0 spiro atoms. The molecule has 0 atom stereocenters. The number of phenols is 1. The summed E-state index contributed by atoms with van der Waals surface area (Å²) in [6, 6.07) is 15.0. The highest BCUT2D eigenvalue weighted by molar-refractivity contribution is 5.97. The van der Waals surface area contributed by atoms with Crippen molar-refractivity contribution in [3.05, 3.63) is 76.9 Å². The maximum Gasteiger partial charge on any atom is 0.163 e. The van der Waals surface area contributed by atoms with Gasteiger partial charge in [-0.1, -0.05) is 38.5 Å². The van der Waals surface area contributed by atoms with Gasteiger partial charge in [-0.2, -0.15) is 0 Å². The van der Waals surface area contributed by atoms with Crippen molar-refractivity contribution >= 4 is 11.8 Å². The van der Waals surface area contributed by atoms with Gasteiger partial charge in [0.15, 0.2) is 5.78 Å². The quantitative estimate of drug-likeness (QED) is 0.262. The molecule has 0 fully saturated rings. The maximum absolute atomic E-state index is 11.7. The molecule has 0 heterocycles. The minimum atomic E-state index is -1.30. The number of ketones is 1. The Hall–Kier alpha value is -4.00. The number of rotatable bonds is 13. The van der Waals surface area contributed by atoms with Crippen LogP contribution in [0.15, 0.2) is 54.6 Å². The van der Waals surface area contributed by atoms with Crippen molar-refractivity contribution in [2.24, 2.45) is 0 Å². The van der Waals surface area contributed by atoms with Gasteiger partial charge in [0.25, 0.3) is 0 Å². The molecule has 0 aromatic heterocycles. The van der Waals surface area contributed by atoms with E-state index in [9.17, 15) is 19.8 Å². The smallest absolute Gasteiger partial charge is 0.163 e. The molecule has 0 saturated carbocycles. The second kappa shape index (κ2) is 12.6. The van der Waals surface area contributed by atoms with Gasteiger partial charge in [-0.25, -0.2) is 0 Å². The number of phenolic OH excluding ortho intramolecular Hbond substituents is 1. The van der Waals surface area contributed by atoms with Crippen molar-refractivity contribution in [3.8, 4) is 28.7 Å². The first-order valence-corrected chi connectivity index (χ1v) is 12.1. The van der Waals surface area contributed by atoms with Crippen LogP contribution < -0.4 is 19.3 Å². The zero-order chi connectivity index (χ0) is 26.1. The molecule has 0 unspecified atom stereocenters. The van der Waals surface area contributed by atoms with E-state index in [1.165, 1.54) is 19.1 Å². The summed E-state index contributed by atoms with van der Waals surface area (Å²) in [4.78, 5) is 23.1. The monoisotopic (exact) mass is 491 g/mol.